The number of methoxy groups -OCH3 is 3. The molecule has 3 aromatic rings. The molecule has 0 N–H and O–H groups in total. The fourth-order valence-corrected chi connectivity index (χ4v) is 3.51. The molecule has 0 unspecified atom stereocenters. The third-order valence-electron chi connectivity index (χ3n) is 4.93. The summed E-state index contributed by atoms with van der Waals surface area (Å²) in [6.45, 7) is 0.480. The maximum atomic E-state index is 6.11. The van der Waals surface area contributed by atoms with Crippen molar-refractivity contribution in [2.24, 2.45) is 0 Å². The summed E-state index contributed by atoms with van der Waals surface area (Å²) in [5.74, 6) is 2.93. The molecule has 4 rings (SSSR count). The van der Waals surface area contributed by atoms with Gasteiger partial charge in [-0.1, -0.05) is 42.5 Å². The van der Waals surface area contributed by atoms with E-state index in [0.29, 0.717) is 18.1 Å². The van der Waals surface area contributed by atoms with E-state index >= 15 is 0 Å². The standard InChI is InChI=1S/C24H22O4/c1-25-18-11-9-17(10-12-18)24-19-13-22(26-2)23(27-3)14-21(19)28-15-20(24)16-7-5-4-6-8-16/h4-14H,15H2,1-3H3. The lowest BCUT2D eigenvalue weighted by molar-refractivity contribution is 0.339. The molecule has 1 aliphatic rings. The predicted molar refractivity (Wildman–Crippen MR) is 110 cm³/mol. The topological polar surface area (TPSA) is 36.9 Å². The molecule has 0 saturated carbocycles. The summed E-state index contributed by atoms with van der Waals surface area (Å²) in [5.41, 5.74) is 5.46. The third kappa shape index (κ3) is 3.18. The zero-order valence-electron chi connectivity index (χ0n) is 16.2. The molecule has 0 spiro atoms. The predicted octanol–water partition coefficient (Wildman–Crippen LogP) is 5.06. The first-order valence-corrected chi connectivity index (χ1v) is 9.07. The van der Waals surface area contributed by atoms with Gasteiger partial charge in [-0.15, -0.1) is 0 Å². The Morgan fingerprint density at radius 3 is 2.04 bits per heavy atom. The van der Waals surface area contributed by atoms with Gasteiger partial charge in [-0.3, -0.25) is 0 Å². The van der Waals surface area contributed by atoms with Crippen LogP contribution in [0, 0.1) is 0 Å². The monoisotopic (exact) mass is 374 g/mol. The number of rotatable bonds is 5. The highest BCUT2D eigenvalue weighted by atomic mass is 16.5. The Bertz CT molecular complexity index is 1000. The molecule has 0 aliphatic carbocycles. The number of hydrogen-bond donors (Lipinski definition) is 0. The highest BCUT2D eigenvalue weighted by Gasteiger charge is 2.25. The molecule has 3 aromatic carbocycles. The molecule has 142 valence electrons. The third-order valence-corrected chi connectivity index (χ3v) is 4.93. The minimum absolute atomic E-state index is 0.480. The van der Waals surface area contributed by atoms with E-state index in [0.717, 1.165) is 39.3 Å². The van der Waals surface area contributed by atoms with Gasteiger partial charge in [-0.2, -0.15) is 0 Å². The zero-order chi connectivity index (χ0) is 19.5. The van der Waals surface area contributed by atoms with Crippen molar-refractivity contribution in [3.05, 3.63) is 83.4 Å². The van der Waals surface area contributed by atoms with Gasteiger partial charge < -0.3 is 18.9 Å². The number of fused-ring (bicyclic) bond motifs is 1. The summed E-state index contributed by atoms with van der Waals surface area (Å²) in [5, 5.41) is 0. The normalized spacial score (nSPS) is 12.8. The van der Waals surface area contributed by atoms with Crippen molar-refractivity contribution in [2.45, 2.75) is 0 Å². The molecular formula is C24H22O4. The quantitative estimate of drug-likeness (QED) is 0.625. The SMILES string of the molecule is COc1ccc(C2=C(c3ccccc3)COc3cc(OC)c(OC)cc32)cc1. The molecule has 0 atom stereocenters. The van der Waals surface area contributed by atoms with Gasteiger partial charge in [0, 0.05) is 17.2 Å². The van der Waals surface area contributed by atoms with Gasteiger partial charge in [-0.25, -0.2) is 0 Å². The van der Waals surface area contributed by atoms with Gasteiger partial charge in [0.1, 0.15) is 18.1 Å². The van der Waals surface area contributed by atoms with E-state index in [1.807, 2.05) is 42.5 Å². The van der Waals surface area contributed by atoms with Crippen LogP contribution in [0.2, 0.25) is 0 Å². The Labute approximate surface area is 164 Å². The van der Waals surface area contributed by atoms with E-state index in [2.05, 4.69) is 24.3 Å². The minimum atomic E-state index is 0.480. The Morgan fingerprint density at radius 1 is 0.714 bits per heavy atom. The molecule has 0 fully saturated rings. The van der Waals surface area contributed by atoms with Crippen LogP contribution in [0.25, 0.3) is 11.1 Å². The Morgan fingerprint density at radius 2 is 1.39 bits per heavy atom. The highest BCUT2D eigenvalue weighted by molar-refractivity contribution is 6.02. The van der Waals surface area contributed by atoms with Crippen LogP contribution in [-0.2, 0) is 0 Å². The molecule has 1 heterocycles. The van der Waals surface area contributed by atoms with Crippen LogP contribution in [0.15, 0.2) is 66.7 Å². The molecule has 28 heavy (non-hydrogen) atoms. The second kappa shape index (κ2) is 7.69. The summed E-state index contributed by atoms with van der Waals surface area (Å²) in [4.78, 5) is 0. The maximum absolute atomic E-state index is 6.11. The molecule has 0 aromatic heterocycles. The lowest BCUT2D eigenvalue weighted by Crippen LogP contribution is -2.12. The average Bonchev–Trinajstić information content (AvgIpc) is 2.78. The fraction of sp³-hybridized carbons (Fsp3) is 0.167. The fourth-order valence-electron chi connectivity index (χ4n) is 3.51. The summed E-state index contributed by atoms with van der Waals surface area (Å²) >= 11 is 0. The molecule has 4 nitrogen and oxygen atoms in total. The summed E-state index contributed by atoms with van der Waals surface area (Å²) in [6, 6.07) is 22.3. The molecule has 1 aliphatic heterocycles. The van der Waals surface area contributed by atoms with Crippen molar-refractivity contribution < 1.29 is 18.9 Å². The van der Waals surface area contributed by atoms with Gasteiger partial charge in [-0.05, 0) is 34.9 Å². The minimum Gasteiger partial charge on any atom is -0.497 e. The van der Waals surface area contributed by atoms with E-state index in [1.165, 1.54) is 0 Å². The first-order chi connectivity index (χ1) is 13.7. The van der Waals surface area contributed by atoms with E-state index in [9.17, 15) is 0 Å². The van der Waals surface area contributed by atoms with Crippen molar-refractivity contribution in [1.29, 1.82) is 0 Å². The van der Waals surface area contributed by atoms with Crippen LogP contribution < -0.4 is 18.9 Å². The van der Waals surface area contributed by atoms with Crippen LogP contribution in [-0.4, -0.2) is 27.9 Å². The highest BCUT2D eigenvalue weighted by Crippen LogP contribution is 2.45. The van der Waals surface area contributed by atoms with Crippen molar-refractivity contribution in [1.82, 2.24) is 0 Å². The molecule has 4 heteroatoms. The summed E-state index contributed by atoms with van der Waals surface area (Å²) < 4.78 is 22.4. The average molecular weight is 374 g/mol. The van der Waals surface area contributed by atoms with E-state index in [1.54, 1.807) is 21.3 Å². The first kappa shape index (κ1) is 18.0. The number of benzene rings is 3. The van der Waals surface area contributed by atoms with Crippen LogP contribution in [0.3, 0.4) is 0 Å². The van der Waals surface area contributed by atoms with Gasteiger partial charge in [0.2, 0.25) is 0 Å². The van der Waals surface area contributed by atoms with Gasteiger partial charge in [0.15, 0.2) is 11.5 Å². The van der Waals surface area contributed by atoms with E-state index < -0.39 is 0 Å². The molecule has 0 amide bonds. The largest absolute Gasteiger partial charge is 0.497 e. The summed E-state index contributed by atoms with van der Waals surface area (Å²) in [7, 11) is 4.94. The van der Waals surface area contributed by atoms with E-state index in [4.69, 9.17) is 18.9 Å². The van der Waals surface area contributed by atoms with Crippen LogP contribution in [0.4, 0.5) is 0 Å². The zero-order valence-corrected chi connectivity index (χ0v) is 16.2. The van der Waals surface area contributed by atoms with Crippen LogP contribution in [0.5, 0.6) is 23.0 Å². The lowest BCUT2D eigenvalue weighted by atomic mass is 9.87. The molecule has 0 saturated heterocycles. The van der Waals surface area contributed by atoms with Crippen molar-refractivity contribution >= 4 is 11.1 Å². The number of hydrogen-bond acceptors (Lipinski definition) is 4. The summed E-state index contributed by atoms with van der Waals surface area (Å²) in [6.07, 6.45) is 0. The van der Waals surface area contributed by atoms with Crippen molar-refractivity contribution in [2.75, 3.05) is 27.9 Å². The molecular weight excluding hydrogens is 352 g/mol. The smallest absolute Gasteiger partial charge is 0.164 e. The lowest BCUT2D eigenvalue weighted by Gasteiger charge is -2.26. The Hall–Kier alpha value is -3.40. The van der Waals surface area contributed by atoms with E-state index in [-0.39, 0.29) is 0 Å². The van der Waals surface area contributed by atoms with Crippen molar-refractivity contribution in [3.8, 4) is 23.0 Å². The van der Waals surface area contributed by atoms with Gasteiger partial charge in [0.25, 0.3) is 0 Å². The molecule has 0 radical (unpaired) electrons. The second-order valence-corrected chi connectivity index (χ2v) is 6.44. The van der Waals surface area contributed by atoms with Crippen LogP contribution >= 0.6 is 0 Å². The van der Waals surface area contributed by atoms with Gasteiger partial charge in [0.05, 0.1) is 21.3 Å². The van der Waals surface area contributed by atoms with Crippen molar-refractivity contribution in [3.63, 3.8) is 0 Å². The second-order valence-electron chi connectivity index (χ2n) is 6.44. The van der Waals surface area contributed by atoms with Gasteiger partial charge >= 0.3 is 0 Å². The first-order valence-electron chi connectivity index (χ1n) is 9.07. The molecule has 0 bridgehead atoms. The Kier molecular flexibility index (Phi) is 4.94. The number of ether oxygens (including phenoxy) is 4. The van der Waals surface area contributed by atoms with Crippen LogP contribution in [0.1, 0.15) is 16.7 Å². The Balaban J connectivity index is 1.97. The maximum Gasteiger partial charge on any atom is 0.164 e.